The highest BCUT2D eigenvalue weighted by Gasteiger charge is 2.22. The Bertz CT molecular complexity index is 564. The summed E-state index contributed by atoms with van der Waals surface area (Å²) in [6.07, 6.45) is 1.68. The Morgan fingerprint density at radius 2 is 1.53 bits per heavy atom. The van der Waals surface area contributed by atoms with Gasteiger partial charge in [-0.25, -0.2) is 0 Å². The number of halogens is 2. The van der Waals surface area contributed by atoms with Gasteiger partial charge in [-0.2, -0.15) is 0 Å². The van der Waals surface area contributed by atoms with Crippen LogP contribution in [0, 0.1) is 14.1 Å². The zero-order valence-electron chi connectivity index (χ0n) is 10.7. The Balaban J connectivity index is 3.62. The Kier molecular flexibility index (Phi) is 5.78. The van der Waals surface area contributed by atoms with Crippen LogP contribution < -0.4 is 9.47 Å². The van der Waals surface area contributed by atoms with Gasteiger partial charge in [-0.15, -0.1) is 0 Å². The van der Waals surface area contributed by atoms with E-state index in [-0.39, 0.29) is 11.5 Å². The SMILES string of the molecule is C=Cc1c(I)c(C)c(OC(C)=O)c(OC(C)=O)c1I. The fourth-order valence-corrected chi connectivity index (χ4v) is 3.57. The molecule has 0 radical (unpaired) electrons. The third-order valence-electron chi connectivity index (χ3n) is 2.24. The fourth-order valence-electron chi connectivity index (χ4n) is 1.47. The van der Waals surface area contributed by atoms with E-state index in [2.05, 4.69) is 29.2 Å². The molecule has 0 bridgehead atoms. The van der Waals surface area contributed by atoms with Crippen molar-refractivity contribution in [1.29, 1.82) is 0 Å². The number of hydrogen-bond acceptors (Lipinski definition) is 4. The second-order valence-electron chi connectivity index (χ2n) is 3.72. The highest BCUT2D eigenvalue weighted by Crippen LogP contribution is 2.42. The zero-order chi connectivity index (χ0) is 14.7. The molecule has 0 unspecified atom stereocenters. The largest absolute Gasteiger partial charge is 0.422 e. The first-order chi connectivity index (χ1) is 8.79. The lowest BCUT2D eigenvalue weighted by Gasteiger charge is -2.17. The molecule has 0 atom stereocenters. The van der Waals surface area contributed by atoms with Crippen molar-refractivity contribution >= 4 is 63.2 Å². The normalized spacial score (nSPS) is 9.95. The molecule has 1 aromatic carbocycles. The zero-order valence-corrected chi connectivity index (χ0v) is 15.0. The first kappa shape index (κ1) is 16.4. The van der Waals surface area contributed by atoms with Crippen LogP contribution in [0.3, 0.4) is 0 Å². The molecule has 0 aliphatic carbocycles. The molecule has 0 amide bonds. The Labute approximate surface area is 138 Å². The molecule has 0 spiro atoms. The summed E-state index contributed by atoms with van der Waals surface area (Å²) < 4.78 is 12.0. The van der Waals surface area contributed by atoms with E-state index in [1.54, 1.807) is 13.0 Å². The van der Waals surface area contributed by atoms with Gasteiger partial charge < -0.3 is 9.47 Å². The summed E-state index contributed by atoms with van der Waals surface area (Å²) in [5, 5.41) is 0. The van der Waals surface area contributed by atoms with Crippen molar-refractivity contribution in [1.82, 2.24) is 0 Å². The third kappa shape index (κ3) is 3.68. The van der Waals surface area contributed by atoms with Crippen LogP contribution in [-0.4, -0.2) is 11.9 Å². The van der Waals surface area contributed by atoms with E-state index < -0.39 is 11.9 Å². The number of rotatable bonds is 3. The standard InChI is InChI=1S/C13H12I2O4/c1-5-9-10(14)6(2)12(18-7(3)16)13(11(9)15)19-8(4)17/h5H,1H2,2-4H3. The Hall–Kier alpha value is -0.640. The fraction of sp³-hybridized carbons (Fsp3) is 0.231. The van der Waals surface area contributed by atoms with E-state index in [0.717, 1.165) is 14.7 Å². The van der Waals surface area contributed by atoms with Gasteiger partial charge in [0.1, 0.15) is 0 Å². The summed E-state index contributed by atoms with van der Waals surface area (Å²) >= 11 is 4.19. The molecule has 19 heavy (non-hydrogen) atoms. The maximum absolute atomic E-state index is 11.2. The van der Waals surface area contributed by atoms with Crippen LogP contribution in [0.25, 0.3) is 6.08 Å². The summed E-state index contributed by atoms with van der Waals surface area (Å²) in [4.78, 5) is 22.4. The monoisotopic (exact) mass is 486 g/mol. The van der Waals surface area contributed by atoms with E-state index in [9.17, 15) is 9.59 Å². The molecule has 6 heteroatoms. The van der Waals surface area contributed by atoms with E-state index in [1.165, 1.54) is 13.8 Å². The predicted octanol–water partition coefficient (Wildman–Crippen LogP) is 3.70. The highest BCUT2D eigenvalue weighted by molar-refractivity contribution is 14.1. The number of benzene rings is 1. The van der Waals surface area contributed by atoms with Crippen molar-refractivity contribution in [2.45, 2.75) is 20.8 Å². The lowest BCUT2D eigenvalue weighted by atomic mass is 10.1. The van der Waals surface area contributed by atoms with Crippen molar-refractivity contribution in [2.75, 3.05) is 0 Å². The van der Waals surface area contributed by atoms with Crippen molar-refractivity contribution in [3.63, 3.8) is 0 Å². The molecule has 1 aromatic rings. The molecule has 0 N–H and O–H groups in total. The van der Waals surface area contributed by atoms with Crippen LogP contribution in [0.2, 0.25) is 0 Å². The van der Waals surface area contributed by atoms with E-state index in [0.29, 0.717) is 3.57 Å². The molecule has 0 heterocycles. The molecule has 0 saturated heterocycles. The summed E-state index contributed by atoms with van der Waals surface area (Å²) in [7, 11) is 0. The lowest BCUT2D eigenvalue weighted by Crippen LogP contribution is -2.11. The summed E-state index contributed by atoms with van der Waals surface area (Å²) in [5.74, 6) is -0.394. The second kappa shape index (κ2) is 6.69. The predicted molar refractivity (Wildman–Crippen MR) is 89.3 cm³/mol. The topological polar surface area (TPSA) is 52.6 Å². The average molecular weight is 486 g/mol. The Morgan fingerprint density at radius 3 is 1.95 bits per heavy atom. The maximum atomic E-state index is 11.2. The minimum absolute atomic E-state index is 0.260. The quantitative estimate of drug-likeness (QED) is 0.372. The second-order valence-corrected chi connectivity index (χ2v) is 5.87. The molecular weight excluding hydrogens is 474 g/mol. The van der Waals surface area contributed by atoms with Crippen molar-refractivity contribution in [2.24, 2.45) is 0 Å². The smallest absolute Gasteiger partial charge is 0.308 e. The molecule has 102 valence electrons. The van der Waals surface area contributed by atoms with Crippen molar-refractivity contribution in [3.8, 4) is 11.5 Å². The minimum atomic E-state index is -0.470. The van der Waals surface area contributed by atoms with Gasteiger partial charge in [0, 0.05) is 28.5 Å². The summed E-state index contributed by atoms with van der Waals surface area (Å²) in [6.45, 7) is 8.15. The van der Waals surface area contributed by atoms with Crippen LogP contribution in [0.1, 0.15) is 25.0 Å². The molecule has 0 aliphatic rings. The third-order valence-corrected chi connectivity index (χ3v) is 4.71. The van der Waals surface area contributed by atoms with Crippen LogP contribution in [0.15, 0.2) is 6.58 Å². The van der Waals surface area contributed by atoms with Gasteiger partial charge in [-0.3, -0.25) is 9.59 Å². The average Bonchev–Trinajstić information content (AvgIpc) is 2.31. The number of ether oxygens (including phenoxy) is 2. The highest BCUT2D eigenvalue weighted by atomic mass is 127. The van der Waals surface area contributed by atoms with Gasteiger partial charge in [0.2, 0.25) is 0 Å². The van der Waals surface area contributed by atoms with E-state index >= 15 is 0 Å². The van der Waals surface area contributed by atoms with Gasteiger partial charge in [0.05, 0.1) is 3.57 Å². The van der Waals surface area contributed by atoms with Crippen LogP contribution >= 0.6 is 45.2 Å². The Morgan fingerprint density at radius 1 is 1.05 bits per heavy atom. The summed E-state index contributed by atoms with van der Waals surface area (Å²) in [5.41, 5.74) is 1.59. The molecule has 0 aliphatic heterocycles. The van der Waals surface area contributed by atoms with Gasteiger partial charge in [0.25, 0.3) is 0 Å². The molecule has 1 rings (SSSR count). The molecule has 0 fully saturated rings. The molecule has 0 saturated carbocycles. The van der Waals surface area contributed by atoms with Crippen LogP contribution in [-0.2, 0) is 9.59 Å². The minimum Gasteiger partial charge on any atom is -0.422 e. The van der Waals surface area contributed by atoms with Gasteiger partial charge >= 0.3 is 11.9 Å². The number of esters is 2. The lowest BCUT2D eigenvalue weighted by molar-refractivity contribution is -0.134. The molecular formula is C13H12I2O4. The number of carbonyl (C=O) groups excluding carboxylic acids is 2. The van der Waals surface area contributed by atoms with E-state index in [4.69, 9.17) is 9.47 Å². The molecule has 0 aromatic heterocycles. The van der Waals surface area contributed by atoms with Gasteiger partial charge in [-0.1, -0.05) is 12.7 Å². The number of carbonyl (C=O) groups is 2. The van der Waals surface area contributed by atoms with Crippen LogP contribution in [0.5, 0.6) is 11.5 Å². The van der Waals surface area contributed by atoms with Gasteiger partial charge in [-0.05, 0) is 52.1 Å². The summed E-state index contributed by atoms with van der Waals surface area (Å²) in [6, 6.07) is 0. The molecule has 4 nitrogen and oxygen atoms in total. The van der Waals surface area contributed by atoms with Gasteiger partial charge in [0.15, 0.2) is 11.5 Å². The first-order valence-electron chi connectivity index (χ1n) is 5.30. The first-order valence-corrected chi connectivity index (χ1v) is 7.46. The van der Waals surface area contributed by atoms with Crippen LogP contribution in [0.4, 0.5) is 0 Å². The van der Waals surface area contributed by atoms with Crippen molar-refractivity contribution in [3.05, 3.63) is 24.8 Å². The van der Waals surface area contributed by atoms with E-state index in [1.807, 2.05) is 22.6 Å². The maximum Gasteiger partial charge on any atom is 0.308 e. The van der Waals surface area contributed by atoms with Crippen molar-refractivity contribution < 1.29 is 19.1 Å². The number of hydrogen-bond donors (Lipinski definition) is 0.